The van der Waals surface area contributed by atoms with Gasteiger partial charge >= 0.3 is 0 Å². The molecule has 5 nitrogen and oxygen atoms in total. The van der Waals surface area contributed by atoms with Gasteiger partial charge in [-0.2, -0.15) is 0 Å². The minimum absolute atomic E-state index is 0.154. The summed E-state index contributed by atoms with van der Waals surface area (Å²) in [4.78, 5) is 34.5. The number of carbonyl (C=O) groups excluding carboxylic acids is 2. The van der Waals surface area contributed by atoms with Crippen molar-refractivity contribution in [3.63, 3.8) is 0 Å². The molecule has 0 atom stereocenters. The molecule has 0 heterocycles. The quantitative estimate of drug-likeness (QED) is 0.475. The van der Waals surface area contributed by atoms with Crippen molar-refractivity contribution in [2.45, 2.75) is 27.7 Å². The fraction of sp³-hybridized carbons (Fsp3) is 0.250. The Morgan fingerprint density at radius 3 is 2.33 bits per heavy atom. The first-order chi connectivity index (χ1) is 9.73. The second-order valence-corrected chi connectivity index (χ2v) is 5.36. The van der Waals surface area contributed by atoms with Gasteiger partial charge < -0.3 is 0 Å². The molecule has 2 rings (SSSR count). The van der Waals surface area contributed by atoms with E-state index in [-0.39, 0.29) is 16.8 Å². The molecule has 1 aliphatic rings. The number of rotatable bonds is 2. The zero-order valence-electron chi connectivity index (χ0n) is 12.3. The van der Waals surface area contributed by atoms with Gasteiger partial charge in [0.05, 0.1) is 16.6 Å². The molecule has 5 heteroatoms. The fourth-order valence-electron chi connectivity index (χ4n) is 2.46. The van der Waals surface area contributed by atoms with E-state index in [2.05, 4.69) is 0 Å². The molecule has 0 bridgehead atoms. The Labute approximate surface area is 122 Å². The number of fused-ring (bicyclic) bond motifs is 1. The average molecular weight is 285 g/mol. The Kier molecular flexibility index (Phi) is 3.60. The van der Waals surface area contributed by atoms with E-state index in [4.69, 9.17) is 0 Å². The van der Waals surface area contributed by atoms with Crippen LogP contribution in [0.15, 0.2) is 17.7 Å². The van der Waals surface area contributed by atoms with E-state index in [0.29, 0.717) is 11.1 Å². The Hall–Kier alpha value is -2.56. The number of benzene rings is 1. The van der Waals surface area contributed by atoms with Crippen LogP contribution in [0.4, 0.5) is 0 Å². The lowest BCUT2D eigenvalue weighted by atomic mass is 9.83. The van der Waals surface area contributed by atoms with Gasteiger partial charge in [0.2, 0.25) is 11.6 Å². The van der Waals surface area contributed by atoms with E-state index < -0.39 is 16.5 Å². The number of nitro groups is 1. The summed E-state index contributed by atoms with van der Waals surface area (Å²) in [5.41, 5.74) is 3.07. The molecule has 0 spiro atoms. The van der Waals surface area contributed by atoms with E-state index in [1.54, 1.807) is 13.0 Å². The predicted molar refractivity (Wildman–Crippen MR) is 79.5 cm³/mol. The van der Waals surface area contributed by atoms with Crippen LogP contribution in [0, 0.1) is 24.0 Å². The fourth-order valence-corrected chi connectivity index (χ4v) is 2.46. The van der Waals surface area contributed by atoms with Crippen LogP contribution in [0.2, 0.25) is 0 Å². The van der Waals surface area contributed by atoms with Crippen LogP contribution < -0.4 is 0 Å². The SMILES string of the molecule is CC(C)=Cc1cc(C)c(C)c2c1C([N+](=O)[O-])=CC(=O)C2=O. The highest BCUT2D eigenvalue weighted by molar-refractivity contribution is 6.50. The van der Waals surface area contributed by atoms with Crippen molar-refractivity contribution in [2.24, 2.45) is 0 Å². The number of hydrogen-bond acceptors (Lipinski definition) is 4. The van der Waals surface area contributed by atoms with Gasteiger partial charge in [-0.1, -0.05) is 17.7 Å². The number of ketones is 2. The predicted octanol–water partition coefficient (Wildman–Crippen LogP) is 3.11. The monoisotopic (exact) mass is 285 g/mol. The minimum Gasteiger partial charge on any atom is -0.285 e. The molecule has 1 aromatic carbocycles. The van der Waals surface area contributed by atoms with Gasteiger partial charge in [-0.3, -0.25) is 19.7 Å². The molecule has 108 valence electrons. The molecule has 0 amide bonds. The van der Waals surface area contributed by atoms with Gasteiger partial charge in [0, 0.05) is 5.56 Å². The molecule has 0 saturated heterocycles. The molecule has 1 aromatic rings. The number of carbonyl (C=O) groups is 2. The molecule has 21 heavy (non-hydrogen) atoms. The number of hydrogen-bond donors (Lipinski definition) is 0. The molecule has 0 aromatic heterocycles. The highest BCUT2D eigenvalue weighted by atomic mass is 16.6. The maximum absolute atomic E-state index is 12.2. The van der Waals surface area contributed by atoms with Crippen LogP contribution in [0.25, 0.3) is 11.8 Å². The van der Waals surface area contributed by atoms with Crippen molar-refractivity contribution in [3.8, 4) is 0 Å². The zero-order chi connectivity index (χ0) is 15.9. The maximum Gasteiger partial charge on any atom is 0.282 e. The minimum atomic E-state index is -0.842. The van der Waals surface area contributed by atoms with Gasteiger partial charge in [0.15, 0.2) is 0 Å². The van der Waals surface area contributed by atoms with Crippen LogP contribution in [-0.2, 0) is 4.79 Å². The number of nitrogens with zero attached hydrogens (tertiary/aromatic N) is 1. The standard InChI is InChI=1S/C16H15NO4/c1-8(2)5-11-6-9(3)10(4)14-15(11)12(17(20)21)7-13(18)16(14)19/h5-7H,1-4H3. The third kappa shape index (κ3) is 2.42. The van der Waals surface area contributed by atoms with Gasteiger partial charge in [0.1, 0.15) is 0 Å². The van der Waals surface area contributed by atoms with E-state index >= 15 is 0 Å². The van der Waals surface area contributed by atoms with Crippen LogP contribution >= 0.6 is 0 Å². The van der Waals surface area contributed by atoms with Crippen molar-refractivity contribution < 1.29 is 14.5 Å². The maximum atomic E-state index is 12.2. The lowest BCUT2D eigenvalue weighted by molar-refractivity contribution is -0.375. The van der Waals surface area contributed by atoms with Crippen LogP contribution in [-0.4, -0.2) is 16.5 Å². The summed E-state index contributed by atoms with van der Waals surface area (Å²) >= 11 is 0. The molecule has 0 N–H and O–H groups in total. The third-order valence-electron chi connectivity index (χ3n) is 3.49. The highest BCUT2D eigenvalue weighted by Crippen LogP contribution is 2.34. The van der Waals surface area contributed by atoms with E-state index in [1.165, 1.54) is 0 Å². The number of aryl methyl sites for hydroxylation is 1. The smallest absolute Gasteiger partial charge is 0.282 e. The summed E-state index contributed by atoms with van der Waals surface area (Å²) in [6, 6.07) is 1.81. The Bertz CT molecular complexity index is 750. The Morgan fingerprint density at radius 2 is 1.81 bits per heavy atom. The summed E-state index contributed by atoms with van der Waals surface area (Å²) in [6.07, 6.45) is 2.60. The lowest BCUT2D eigenvalue weighted by Gasteiger charge is -2.18. The Morgan fingerprint density at radius 1 is 1.19 bits per heavy atom. The second kappa shape index (κ2) is 5.09. The highest BCUT2D eigenvalue weighted by Gasteiger charge is 2.35. The third-order valence-corrected chi connectivity index (χ3v) is 3.49. The summed E-state index contributed by atoms with van der Waals surface area (Å²) in [5, 5.41) is 11.3. The molecule has 0 radical (unpaired) electrons. The van der Waals surface area contributed by atoms with Gasteiger partial charge in [-0.25, -0.2) is 0 Å². The summed E-state index contributed by atoms with van der Waals surface area (Å²) in [6.45, 7) is 7.26. The summed E-state index contributed by atoms with van der Waals surface area (Å²) in [7, 11) is 0. The molecular weight excluding hydrogens is 270 g/mol. The number of allylic oxidation sites excluding steroid dienone is 2. The van der Waals surface area contributed by atoms with E-state index in [9.17, 15) is 19.7 Å². The van der Waals surface area contributed by atoms with Crippen molar-refractivity contribution in [3.05, 3.63) is 55.6 Å². The van der Waals surface area contributed by atoms with Crippen molar-refractivity contribution >= 4 is 23.3 Å². The van der Waals surface area contributed by atoms with E-state index in [0.717, 1.165) is 17.2 Å². The normalized spacial score (nSPS) is 13.6. The molecule has 0 fully saturated rings. The van der Waals surface area contributed by atoms with Gasteiger partial charge in [-0.05, 0) is 44.4 Å². The lowest BCUT2D eigenvalue weighted by Crippen LogP contribution is -2.23. The van der Waals surface area contributed by atoms with Crippen molar-refractivity contribution in [1.29, 1.82) is 0 Å². The summed E-state index contributed by atoms with van der Waals surface area (Å²) in [5.74, 6) is -1.52. The second-order valence-electron chi connectivity index (χ2n) is 5.36. The molecule has 0 saturated carbocycles. The van der Waals surface area contributed by atoms with E-state index in [1.807, 2.05) is 26.8 Å². The van der Waals surface area contributed by atoms with Crippen LogP contribution in [0.3, 0.4) is 0 Å². The molecule has 1 aliphatic carbocycles. The van der Waals surface area contributed by atoms with Gasteiger partial charge in [0.25, 0.3) is 5.70 Å². The van der Waals surface area contributed by atoms with Crippen LogP contribution in [0.1, 0.15) is 46.5 Å². The first kappa shape index (κ1) is 14.8. The van der Waals surface area contributed by atoms with Gasteiger partial charge in [-0.15, -0.1) is 0 Å². The largest absolute Gasteiger partial charge is 0.285 e. The topological polar surface area (TPSA) is 77.3 Å². The number of Topliss-reactive ketones (excluding diaryl/α,β-unsaturated/α-hetero) is 1. The van der Waals surface area contributed by atoms with Crippen molar-refractivity contribution in [2.75, 3.05) is 0 Å². The van der Waals surface area contributed by atoms with Crippen LogP contribution in [0.5, 0.6) is 0 Å². The van der Waals surface area contributed by atoms with Crippen molar-refractivity contribution in [1.82, 2.24) is 0 Å². The molecule has 0 unspecified atom stereocenters. The molecule has 0 aliphatic heterocycles. The first-order valence-electron chi connectivity index (χ1n) is 6.48. The average Bonchev–Trinajstić information content (AvgIpc) is 2.37. The first-order valence-corrected chi connectivity index (χ1v) is 6.48. The molecular formula is C16H15NO4. The zero-order valence-corrected chi connectivity index (χ0v) is 12.3. The summed E-state index contributed by atoms with van der Waals surface area (Å²) < 4.78 is 0. The Balaban J connectivity index is 2.95.